The van der Waals surface area contributed by atoms with Gasteiger partial charge >= 0.3 is 5.97 Å². The summed E-state index contributed by atoms with van der Waals surface area (Å²) < 4.78 is 15.1. The quantitative estimate of drug-likeness (QED) is 0.434. The van der Waals surface area contributed by atoms with Crippen LogP contribution in [0.2, 0.25) is 0 Å². The van der Waals surface area contributed by atoms with E-state index >= 15 is 0 Å². The molecule has 0 amide bonds. The minimum atomic E-state index is -2.06. The highest BCUT2D eigenvalue weighted by Gasteiger charge is 2.34. The standard InChI is InChI=1S/C15H11Cl6FN4O2/c1-2-28-9(27)6-23-10-7(4-3-5-8(10)22)11-24-12(14(16,17)18)26-13(25-11)15(19,20)21/h3-5,23H,2,6H2,1H3. The Morgan fingerprint density at radius 2 is 1.64 bits per heavy atom. The maximum atomic E-state index is 14.4. The number of anilines is 1. The first-order chi connectivity index (χ1) is 12.9. The number of halogens is 7. The highest BCUT2D eigenvalue weighted by atomic mass is 35.6. The summed E-state index contributed by atoms with van der Waals surface area (Å²) in [4.78, 5) is 23.5. The third kappa shape index (κ3) is 6.08. The molecule has 28 heavy (non-hydrogen) atoms. The second-order valence-electron chi connectivity index (χ2n) is 5.12. The van der Waals surface area contributed by atoms with Crippen molar-refractivity contribution in [3.63, 3.8) is 0 Å². The molecule has 0 atom stereocenters. The van der Waals surface area contributed by atoms with Crippen LogP contribution >= 0.6 is 69.6 Å². The third-order valence-corrected chi connectivity index (χ3v) is 4.13. The monoisotopic (exact) mass is 508 g/mol. The van der Waals surface area contributed by atoms with E-state index in [4.69, 9.17) is 74.3 Å². The van der Waals surface area contributed by atoms with Gasteiger partial charge in [-0.25, -0.2) is 19.3 Å². The van der Waals surface area contributed by atoms with Crippen molar-refractivity contribution in [1.82, 2.24) is 15.0 Å². The van der Waals surface area contributed by atoms with Crippen molar-refractivity contribution in [3.05, 3.63) is 35.7 Å². The van der Waals surface area contributed by atoms with Crippen molar-refractivity contribution in [2.75, 3.05) is 18.5 Å². The van der Waals surface area contributed by atoms with Gasteiger partial charge in [-0.05, 0) is 19.1 Å². The molecule has 1 aromatic carbocycles. The first kappa shape index (κ1) is 23.4. The van der Waals surface area contributed by atoms with Crippen LogP contribution in [0, 0.1) is 5.82 Å². The van der Waals surface area contributed by atoms with Gasteiger partial charge in [0.15, 0.2) is 17.5 Å². The first-order valence-electron chi connectivity index (χ1n) is 7.52. The zero-order chi connectivity index (χ0) is 21.1. The van der Waals surface area contributed by atoms with E-state index < -0.39 is 19.4 Å². The summed E-state index contributed by atoms with van der Waals surface area (Å²) in [5, 5.41) is 2.63. The lowest BCUT2D eigenvalue weighted by Gasteiger charge is -2.17. The lowest BCUT2D eigenvalue weighted by Crippen LogP contribution is -2.19. The summed E-state index contributed by atoms with van der Waals surface area (Å²) in [5.41, 5.74) is 0.0324. The van der Waals surface area contributed by atoms with Crippen molar-refractivity contribution < 1.29 is 13.9 Å². The van der Waals surface area contributed by atoms with Crippen LogP contribution in [-0.2, 0) is 17.1 Å². The highest BCUT2D eigenvalue weighted by Crippen LogP contribution is 2.41. The van der Waals surface area contributed by atoms with E-state index in [1.165, 1.54) is 18.2 Å². The third-order valence-electron chi connectivity index (χ3n) is 3.11. The Labute approximate surface area is 189 Å². The van der Waals surface area contributed by atoms with Crippen molar-refractivity contribution >= 4 is 81.3 Å². The zero-order valence-electron chi connectivity index (χ0n) is 14.0. The minimum Gasteiger partial charge on any atom is -0.465 e. The smallest absolute Gasteiger partial charge is 0.325 e. The SMILES string of the molecule is CCOC(=O)CNc1c(F)cccc1-c1nc(C(Cl)(Cl)Cl)nc(C(Cl)(Cl)Cl)n1. The molecule has 0 saturated carbocycles. The molecule has 0 unspecified atom stereocenters. The molecule has 152 valence electrons. The van der Waals surface area contributed by atoms with Crippen LogP contribution in [0.5, 0.6) is 0 Å². The number of para-hydroxylation sites is 1. The molecule has 13 heteroatoms. The van der Waals surface area contributed by atoms with Gasteiger partial charge in [0.05, 0.1) is 12.3 Å². The van der Waals surface area contributed by atoms with Gasteiger partial charge in [0.25, 0.3) is 0 Å². The Morgan fingerprint density at radius 3 is 2.14 bits per heavy atom. The molecule has 0 bridgehead atoms. The largest absolute Gasteiger partial charge is 0.465 e. The number of nitrogens with zero attached hydrogens (tertiary/aromatic N) is 3. The topological polar surface area (TPSA) is 77.0 Å². The summed E-state index contributed by atoms with van der Waals surface area (Å²) in [7, 11) is 0. The maximum Gasteiger partial charge on any atom is 0.325 e. The number of benzene rings is 1. The van der Waals surface area contributed by atoms with Crippen molar-refractivity contribution in [1.29, 1.82) is 0 Å². The van der Waals surface area contributed by atoms with Crippen LogP contribution in [0.15, 0.2) is 18.2 Å². The molecular weight excluding hydrogens is 500 g/mol. The van der Waals surface area contributed by atoms with E-state index in [1.807, 2.05) is 0 Å². The summed E-state index contributed by atoms with van der Waals surface area (Å²) in [6.45, 7) is 1.52. The fourth-order valence-corrected chi connectivity index (χ4v) is 2.52. The molecule has 0 aliphatic rings. The van der Waals surface area contributed by atoms with Crippen molar-refractivity contribution in [3.8, 4) is 11.4 Å². The molecule has 2 rings (SSSR count). The summed E-state index contributed by atoms with van der Waals surface area (Å²) in [5.74, 6) is -2.07. The molecule has 1 heterocycles. The molecule has 6 nitrogen and oxygen atoms in total. The van der Waals surface area contributed by atoms with Crippen molar-refractivity contribution in [2.24, 2.45) is 0 Å². The molecule has 0 aliphatic carbocycles. The number of nitrogens with one attached hydrogen (secondary N) is 1. The van der Waals surface area contributed by atoms with E-state index in [0.717, 1.165) is 0 Å². The lowest BCUT2D eigenvalue weighted by atomic mass is 10.1. The van der Waals surface area contributed by atoms with Gasteiger partial charge in [0, 0.05) is 5.56 Å². The summed E-state index contributed by atoms with van der Waals surface area (Å²) >= 11 is 35.1. The van der Waals surface area contributed by atoms with Crippen LogP contribution in [0.4, 0.5) is 10.1 Å². The van der Waals surface area contributed by atoms with E-state index in [0.29, 0.717) is 0 Å². The molecular formula is C15H11Cl6FN4O2. The number of carbonyl (C=O) groups is 1. The second kappa shape index (κ2) is 9.32. The van der Waals surface area contributed by atoms with Gasteiger partial charge in [-0.1, -0.05) is 75.7 Å². The van der Waals surface area contributed by atoms with Crippen LogP contribution in [0.1, 0.15) is 18.6 Å². The fraction of sp³-hybridized carbons (Fsp3) is 0.333. The molecule has 1 N–H and O–H groups in total. The molecule has 0 radical (unpaired) electrons. The van der Waals surface area contributed by atoms with Gasteiger partial charge in [-0.2, -0.15) is 0 Å². The summed E-state index contributed by atoms with van der Waals surface area (Å²) in [6.07, 6.45) is 0. The van der Waals surface area contributed by atoms with E-state index in [2.05, 4.69) is 20.3 Å². The van der Waals surface area contributed by atoms with Crippen LogP contribution in [0.25, 0.3) is 11.4 Å². The van der Waals surface area contributed by atoms with Gasteiger partial charge in [0.1, 0.15) is 12.4 Å². The van der Waals surface area contributed by atoms with Crippen molar-refractivity contribution in [2.45, 2.75) is 14.5 Å². The van der Waals surface area contributed by atoms with Crippen LogP contribution in [-0.4, -0.2) is 34.1 Å². The molecule has 0 saturated heterocycles. The van der Waals surface area contributed by atoms with Gasteiger partial charge < -0.3 is 10.1 Å². The number of hydrogen-bond acceptors (Lipinski definition) is 6. The predicted octanol–water partition coefficient (Wildman–Crippen LogP) is 5.31. The number of alkyl halides is 6. The normalized spacial score (nSPS) is 12.0. The minimum absolute atomic E-state index is 0.0905. The molecule has 1 aromatic heterocycles. The van der Waals surface area contributed by atoms with Gasteiger partial charge in [0.2, 0.25) is 7.59 Å². The Morgan fingerprint density at radius 1 is 1.07 bits per heavy atom. The first-order valence-corrected chi connectivity index (χ1v) is 9.79. The number of hydrogen-bond donors (Lipinski definition) is 1. The van der Waals surface area contributed by atoms with E-state index in [1.54, 1.807) is 6.92 Å². The van der Waals surface area contributed by atoms with E-state index in [-0.39, 0.29) is 41.9 Å². The average molecular weight is 511 g/mol. The lowest BCUT2D eigenvalue weighted by molar-refractivity contribution is -0.140. The number of esters is 1. The Kier molecular flexibility index (Phi) is 7.81. The fourth-order valence-electron chi connectivity index (χ4n) is 2.01. The molecule has 0 aliphatic heterocycles. The number of rotatable bonds is 5. The van der Waals surface area contributed by atoms with Crippen LogP contribution < -0.4 is 5.32 Å². The summed E-state index contributed by atoms with van der Waals surface area (Å²) in [6, 6.07) is 4.04. The molecule has 0 spiro atoms. The molecule has 0 fully saturated rings. The van der Waals surface area contributed by atoms with Gasteiger partial charge in [-0.15, -0.1) is 0 Å². The Hall–Kier alpha value is -0.830. The van der Waals surface area contributed by atoms with Gasteiger partial charge in [-0.3, -0.25) is 4.79 Å². The highest BCUT2D eigenvalue weighted by molar-refractivity contribution is 6.67. The van der Waals surface area contributed by atoms with E-state index in [9.17, 15) is 9.18 Å². The molecule has 2 aromatic rings. The second-order valence-corrected chi connectivity index (χ2v) is 9.69. The van der Waals surface area contributed by atoms with Crippen LogP contribution in [0.3, 0.4) is 0 Å². The zero-order valence-corrected chi connectivity index (χ0v) is 18.5. The average Bonchev–Trinajstić information content (AvgIpc) is 2.59. The number of ether oxygens (including phenoxy) is 1. The number of carbonyl (C=O) groups excluding carboxylic acids is 1. The Bertz CT molecular complexity index is 840. The maximum absolute atomic E-state index is 14.4. The predicted molar refractivity (Wildman–Crippen MR) is 109 cm³/mol. The number of aromatic nitrogens is 3. The Balaban J connectivity index is 2.58.